The van der Waals surface area contributed by atoms with Crippen LogP contribution in [-0.4, -0.2) is 48.2 Å². The molecular formula is C15H21NO5. The van der Waals surface area contributed by atoms with Crippen LogP contribution in [0, 0.1) is 0 Å². The van der Waals surface area contributed by atoms with E-state index in [1.54, 1.807) is 37.1 Å². The highest BCUT2D eigenvalue weighted by molar-refractivity contribution is 5.95. The molecule has 1 amide bonds. The fourth-order valence-corrected chi connectivity index (χ4v) is 1.61. The number of benzene rings is 1. The van der Waals surface area contributed by atoms with Crippen molar-refractivity contribution in [3.8, 4) is 11.5 Å². The maximum absolute atomic E-state index is 12.3. The summed E-state index contributed by atoms with van der Waals surface area (Å²) in [6.07, 6.45) is 0. The Balaban J connectivity index is 3.01. The number of hydrogen-bond donors (Lipinski definition) is 1. The molecule has 1 aromatic rings. The molecule has 1 N–H and O–H groups in total. The van der Waals surface area contributed by atoms with E-state index in [-0.39, 0.29) is 11.9 Å². The van der Waals surface area contributed by atoms with Gasteiger partial charge in [-0.25, -0.2) is 4.79 Å². The largest absolute Gasteiger partial charge is 0.490 e. The molecule has 0 aliphatic rings. The summed E-state index contributed by atoms with van der Waals surface area (Å²) < 4.78 is 10.6. The van der Waals surface area contributed by atoms with Crippen molar-refractivity contribution in [3.63, 3.8) is 0 Å². The van der Waals surface area contributed by atoms with E-state index < -0.39 is 12.6 Å². The van der Waals surface area contributed by atoms with E-state index in [0.29, 0.717) is 23.7 Å². The molecule has 0 aromatic heterocycles. The molecular weight excluding hydrogens is 274 g/mol. The number of carbonyl (C=O) groups is 2. The van der Waals surface area contributed by atoms with Crippen molar-refractivity contribution >= 4 is 11.9 Å². The Labute approximate surface area is 124 Å². The van der Waals surface area contributed by atoms with Gasteiger partial charge in [0.1, 0.15) is 0 Å². The van der Waals surface area contributed by atoms with Crippen molar-refractivity contribution in [2.24, 2.45) is 0 Å². The third kappa shape index (κ3) is 4.66. The van der Waals surface area contributed by atoms with Gasteiger partial charge in [-0.3, -0.25) is 4.79 Å². The van der Waals surface area contributed by atoms with E-state index in [4.69, 9.17) is 14.6 Å². The molecule has 0 spiro atoms. The average Bonchev–Trinajstić information content (AvgIpc) is 2.44. The van der Waals surface area contributed by atoms with Crippen LogP contribution >= 0.6 is 0 Å². The average molecular weight is 295 g/mol. The van der Waals surface area contributed by atoms with Crippen molar-refractivity contribution in [3.05, 3.63) is 23.8 Å². The zero-order valence-electron chi connectivity index (χ0n) is 12.8. The summed E-state index contributed by atoms with van der Waals surface area (Å²) in [4.78, 5) is 24.4. The first kappa shape index (κ1) is 16.8. The van der Waals surface area contributed by atoms with Gasteiger partial charge in [-0.15, -0.1) is 0 Å². The minimum atomic E-state index is -1.07. The van der Waals surface area contributed by atoms with Gasteiger partial charge in [0, 0.05) is 18.7 Å². The maximum atomic E-state index is 12.3. The van der Waals surface area contributed by atoms with E-state index >= 15 is 0 Å². The van der Waals surface area contributed by atoms with Crippen LogP contribution < -0.4 is 9.47 Å². The summed E-state index contributed by atoms with van der Waals surface area (Å²) in [6.45, 7) is 5.58. The number of hydrogen-bond acceptors (Lipinski definition) is 4. The number of carboxylic acids is 1. The van der Waals surface area contributed by atoms with E-state index in [9.17, 15) is 9.59 Å². The summed E-state index contributed by atoms with van der Waals surface area (Å²) in [5, 5.41) is 8.65. The zero-order chi connectivity index (χ0) is 16.0. The summed E-state index contributed by atoms with van der Waals surface area (Å²) in [7, 11) is 1.72. The van der Waals surface area contributed by atoms with Crippen LogP contribution in [0.1, 0.15) is 31.1 Å². The van der Waals surface area contributed by atoms with E-state index in [2.05, 4.69) is 0 Å². The van der Waals surface area contributed by atoms with Gasteiger partial charge in [-0.1, -0.05) is 0 Å². The molecule has 1 rings (SSSR count). The number of nitrogens with zero attached hydrogens (tertiary/aromatic N) is 1. The molecule has 0 atom stereocenters. The first-order valence-corrected chi connectivity index (χ1v) is 6.75. The quantitative estimate of drug-likeness (QED) is 0.833. The molecule has 0 saturated heterocycles. The molecule has 0 fully saturated rings. The van der Waals surface area contributed by atoms with Gasteiger partial charge >= 0.3 is 5.97 Å². The summed E-state index contributed by atoms with van der Waals surface area (Å²) in [5.41, 5.74) is 0.470. The number of aliphatic carboxylic acids is 1. The molecule has 0 unspecified atom stereocenters. The number of carbonyl (C=O) groups excluding carboxylic acids is 1. The van der Waals surface area contributed by atoms with Gasteiger partial charge in [0.15, 0.2) is 18.1 Å². The summed E-state index contributed by atoms with van der Waals surface area (Å²) in [5.74, 6) is -0.530. The molecule has 116 valence electrons. The van der Waals surface area contributed by atoms with Gasteiger partial charge in [-0.2, -0.15) is 0 Å². The molecule has 1 aromatic carbocycles. The smallest absolute Gasteiger partial charge is 0.341 e. The van der Waals surface area contributed by atoms with Crippen molar-refractivity contribution in [1.82, 2.24) is 4.90 Å². The topological polar surface area (TPSA) is 76.1 Å². The second kappa shape index (κ2) is 7.52. The van der Waals surface area contributed by atoms with Gasteiger partial charge in [0.2, 0.25) is 0 Å². The highest BCUT2D eigenvalue weighted by Crippen LogP contribution is 2.29. The third-order valence-electron chi connectivity index (χ3n) is 2.94. The fraction of sp³-hybridized carbons (Fsp3) is 0.467. The fourth-order valence-electron chi connectivity index (χ4n) is 1.61. The SMILES string of the molecule is CCOc1cc(C(=O)N(C)C(C)C)ccc1OCC(=O)O. The molecule has 6 heteroatoms. The van der Waals surface area contributed by atoms with Crippen molar-refractivity contribution in [2.45, 2.75) is 26.8 Å². The molecule has 21 heavy (non-hydrogen) atoms. The lowest BCUT2D eigenvalue weighted by molar-refractivity contribution is -0.139. The Morgan fingerprint density at radius 2 is 1.90 bits per heavy atom. The molecule has 6 nitrogen and oxygen atoms in total. The molecule has 0 radical (unpaired) electrons. The van der Waals surface area contributed by atoms with Gasteiger partial charge < -0.3 is 19.5 Å². The monoisotopic (exact) mass is 295 g/mol. The predicted octanol–water partition coefficient (Wildman–Crippen LogP) is 2.03. The Hall–Kier alpha value is -2.24. The highest BCUT2D eigenvalue weighted by atomic mass is 16.5. The van der Waals surface area contributed by atoms with Gasteiger partial charge in [-0.05, 0) is 39.0 Å². The number of rotatable bonds is 7. The van der Waals surface area contributed by atoms with Crippen molar-refractivity contribution in [1.29, 1.82) is 0 Å². The first-order valence-electron chi connectivity index (χ1n) is 6.75. The highest BCUT2D eigenvalue weighted by Gasteiger charge is 2.17. The van der Waals surface area contributed by atoms with Crippen LogP contribution in [-0.2, 0) is 4.79 Å². The summed E-state index contributed by atoms with van der Waals surface area (Å²) >= 11 is 0. The normalized spacial score (nSPS) is 10.3. The Morgan fingerprint density at radius 3 is 2.43 bits per heavy atom. The zero-order valence-corrected chi connectivity index (χ0v) is 12.8. The standard InChI is InChI=1S/C15H21NO5/c1-5-20-13-8-11(15(19)16(4)10(2)3)6-7-12(13)21-9-14(17)18/h6-8,10H,5,9H2,1-4H3,(H,17,18). The second-order valence-corrected chi connectivity index (χ2v) is 4.79. The molecule has 0 aliphatic heterocycles. The lowest BCUT2D eigenvalue weighted by Gasteiger charge is -2.22. The van der Waals surface area contributed by atoms with Crippen molar-refractivity contribution in [2.75, 3.05) is 20.3 Å². The Kier molecular flexibility index (Phi) is 6.02. The van der Waals surface area contributed by atoms with Crippen LogP contribution in [0.3, 0.4) is 0 Å². The number of ether oxygens (including phenoxy) is 2. The molecule has 0 heterocycles. The van der Waals surface area contributed by atoms with E-state index in [1.165, 1.54) is 0 Å². The van der Waals surface area contributed by atoms with Crippen LogP contribution in [0.25, 0.3) is 0 Å². The van der Waals surface area contributed by atoms with Gasteiger partial charge in [0.05, 0.1) is 6.61 Å². The maximum Gasteiger partial charge on any atom is 0.341 e. The number of carboxylic acid groups (broad SMARTS) is 1. The third-order valence-corrected chi connectivity index (χ3v) is 2.94. The molecule has 0 aliphatic carbocycles. The lowest BCUT2D eigenvalue weighted by atomic mass is 10.1. The van der Waals surface area contributed by atoms with E-state index in [0.717, 1.165) is 0 Å². The number of amides is 1. The van der Waals surface area contributed by atoms with Crippen LogP contribution in [0.4, 0.5) is 0 Å². The summed E-state index contributed by atoms with van der Waals surface area (Å²) in [6, 6.07) is 4.80. The Morgan fingerprint density at radius 1 is 1.24 bits per heavy atom. The minimum absolute atomic E-state index is 0.0796. The second-order valence-electron chi connectivity index (χ2n) is 4.79. The minimum Gasteiger partial charge on any atom is -0.490 e. The van der Waals surface area contributed by atoms with Crippen LogP contribution in [0.2, 0.25) is 0 Å². The predicted molar refractivity (Wildman–Crippen MR) is 78.0 cm³/mol. The molecule has 0 saturated carbocycles. The molecule has 0 bridgehead atoms. The van der Waals surface area contributed by atoms with E-state index in [1.807, 2.05) is 13.8 Å². The Bertz CT molecular complexity index is 513. The first-order chi connectivity index (χ1) is 9.86. The van der Waals surface area contributed by atoms with Crippen LogP contribution in [0.15, 0.2) is 18.2 Å². The van der Waals surface area contributed by atoms with Gasteiger partial charge in [0.25, 0.3) is 5.91 Å². The van der Waals surface area contributed by atoms with Crippen LogP contribution in [0.5, 0.6) is 11.5 Å². The van der Waals surface area contributed by atoms with Crippen molar-refractivity contribution < 1.29 is 24.2 Å². The lowest BCUT2D eigenvalue weighted by Crippen LogP contribution is -2.32.